The lowest BCUT2D eigenvalue weighted by atomic mass is 10.3. The zero-order valence-electron chi connectivity index (χ0n) is 11.5. The molecule has 0 aliphatic rings. The molecule has 0 atom stereocenters. The number of nitrogens with one attached hydrogen (secondary N) is 1. The van der Waals surface area contributed by atoms with E-state index in [1.807, 2.05) is 13.1 Å². The van der Waals surface area contributed by atoms with Crippen molar-refractivity contribution in [1.29, 1.82) is 0 Å². The van der Waals surface area contributed by atoms with Gasteiger partial charge in [0, 0.05) is 17.3 Å². The van der Waals surface area contributed by atoms with Crippen molar-refractivity contribution in [2.24, 2.45) is 0 Å². The number of aromatic nitrogens is 4. The molecule has 0 amide bonds. The molecule has 7 heteroatoms. The van der Waals surface area contributed by atoms with E-state index in [1.165, 1.54) is 10.6 Å². The smallest absolute Gasteiger partial charge is 0.194 e. The van der Waals surface area contributed by atoms with Crippen molar-refractivity contribution in [3.05, 3.63) is 34.9 Å². The summed E-state index contributed by atoms with van der Waals surface area (Å²) in [6.45, 7) is 5.43. The van der Waals surface area contributed by atoms with Crippen LogP contribution in [-0.2, 0) is 13.1 Å². The Balaban J connectivity index is 1.77. The number of anilines is 1. The lowest BCUT2D eigenvalue weighted by Crippen LogP contribution is -2.04. The van der Waals surface area contributed by atoms with Crippen LogP contribution in [0.25, 0.3) is 4.96 Å². The fourth-order valence-electron chi connectivity index (χ4n) is 2.19. The number of aliphatic hydroxyl groups excluding tert-OH is 1. The normalized spacial score (nSPS) is 11.3. The largest absolute Gasteiger partial charge is 0.394 e. The average Bonchev–Trinajstić information content (AvgIpc) is 3.04. The zero-order valence-corrected chi connectivity index (χ0v) is 12.3. The summed E-state index contributed by atoms with van der Waals surface area (Å²) in [7, 11) is 0. The van der Waals surface area contributed by atoms with E-state index >= 15 is 0 Å². The third-order valence-electron chi connectivity index (χ3n) is 3.16. The van der Waals surface area contributed by atoms with Crippen molar-refractivity contribution in [3.8, 4) is 0 Å². The number of hydrogen-bond donors (Lipinski definition) is 2. The first-order valence-electron chi connectivity index (χ1n) is 6.48. The summed E-state index contributed by atoms with van der Waals surface area (Å²) in [4.78, 5) is 6.86. The van der Waals surface area contributed by atoms with E-state index < -0.39 is 0 Å². The fraction of sp³-hybridized carbons (Fsp3) is 0.385. The summed E-state index contributed by atoms with van der Waals surface area (Å²) < 4.78 is 3.86. The second kappa shape index (κ2) is 5.26. The summed E-state index contributed by atoms with van der Waals surface area (Å²) in [5, 5.41) is 16.4. The summed E-state index contributed by atoms with van der Waals surface area (Å²) in [5.74, 6) is 0. The third-order valence-corrected chi connectivity index (χ3v) is 4.06. The highest BCUT2D eigenvalue weighted by Crippen LogP contribution is 2.21. The predicted molar refractivity (Wildman–Crippen MR) is 79.2 cm³/mol. The zero-order chi connectivity index (χ0) is 14.1. The van der Waals surface area contributed by atoms with Crippen LogP contribution >= 0.6 is 11.3 Å². The Morgan fingerprint density at radius 1 is 1.35 bits per heavy atom. The number of hydrogen-bond acceptors (Lipinski definition) is 5. The van der Waals surface area contributed by atoms with E-state index in [0.717, 1.165) is 16.3 Å². The summed E-state index contributed by atoms with van der Waals surface area (Å²) in [6.07, 6.45) is 5.77. The first-order chi connectivity index (χ1) is 9.67. The number of imidazole rings is 1. The molecule has 3 rings (SSSR count). The van der Waals surface area contributed by atoms with Crippen molar-refractivity contribution in [2.45, 2.75) is 26.9 Å². The van der Waals surface area contributed by atoms with Gasteiger partial charge < -0.3 is 10.4 Å². The third kappa shape index (κ3) is 2.41. The predicted octanol–water partition coefficient (Wildman–Crippen LogP) is 1.81. The van der Waals surface area contributed by atoms with Crippen molar-refractivity contribution >= 4 is 22.0 Å². The molecule has 0 bridgehead atoms. The lowest BCUT2D eigenvalue weighted by molar-refractivity contribution is 0.269. The van der Waals surface area contributed by atoms with Gasteiger partial charge in [-0.15, -0.1) is 11.3 Å². The molecule has 0 aromatic carbocycles. The molecule has 0 fully saturated rings. The molecule has 0 aliphatic carbocycles. The Morgan fingerprint density at radius 2 is 2.20 bits per heavy atom. The molecule has 106 valence electrons. The van der Waals surface area contributed by atoms with Gasteiger partial charge in [0.2, 0.25) is 0 Å². The van der Waals surface area contributed by atoms with Crippen LogP contribution in [0.1, 0.15) is 16.3 Å². The maximum absolute atomic E-state index is 8.87. The van der Waals surface area contributed by atoms with E-state index in [4.69, 9.17) is 5.11 Å². The van der Waals surface area contributed by atoms with Crippen LogP contribution in [0.3, 0.4) is 0 Å². The number of nitrogens with zero attached hydrogens (tertiary/aromatic N) is 4. The fourth-order valence-corrected chi connectivity index (χ4v) is 3.08. The van der Waals surface area contributed by atoms with Crippen LogP contribution in [0.2, 0.25) is 0 Å². The van der Waals surface area contributed by atoms with Crippen molar-refractivity contribution in [2.75, 3.05) is 11.9 Å². The van der Waals surface area contributed by atoms with Gasteiger partial charge in [0.05, 0.1) is 43.0 Å². The van der Waals surface area contributed by atoms with E-state index in [9.17, 15) is 0 Å². The molecule has 3 aromatic heterocycles. The van der Waals surface area contributed by atoms with Crippen LogP contribution in [-0.4, -0.2) is 30.9 Å². The molecular weight excluding hydrogens is 274 g/mol. The molecule has 0 unspecified atom stereocenters. The lowest BCUT2D eigenvalue weighted by Gasteiger charge is -2.03. The summed E-state index contributed by atoms with van der Waals surface area (Å²) in [5.41, 5.74) is 3.16. The molecule has 20 heavy (non-hydrogen) atoms. The van der Waals surface area contributed by atoms with Gasteiger partial charge in [0.1, 0.15) is 0 Å². The highest BCUT2D eigenvalue weighted by Gasteiger charge is 2.11. The quantitative estimate of drug-likeness (QED) is 0.752. The Morgan fingerprint density at radius 3 is 3.00 bits per heavy atom. The minimum atomic E-state index is 0.0949. The van der Waals surface area contributed by atoms with E-state index in [2.05, 4.69) is 32.9 Å². The second-order valence-electron chi connectivity index (χ2n) is 4.71. The summed E-state index contributed by atoms with van der Waals surface area (Å²) >= 11 is 1.70. The first-order valence-corrected chi connectivity index (χ1v) is 7.30. The average molecular weight is 291 g/mol. The highest BCUT2D eigenvalue weighted by atomic mass is 32.1. The van der Waals surface area contributed by atoms with E-state index in [1.54, 1.807) is 22.2 Å². The minimum Gasteiger partial charge on any atom is -0.394 e. The molecule has 0 radical (unpaired) electrons. The maximum atomic E-state index is 8.87. The van der Waals surface area contributed by atoms with Gasteiger partial charge in [-0.2, -0.15) is 5.10 Å². The molecule has 0 saturated carbocycles. The van der Waals surface area contributed by atoms with Crippen molar-refractivity contribution < 1.29 is 5.11 Å². The number of aryl methyl sites for hydroxylation is 2. The van der Waals surface area contributed by atoms with Crippen molar-refractivity contribution in [1.82, 2.24) is 19.2 Å². The van der Waals surface area contributed by atoms with Crippen LogP contribution in [0, 0.1) is 13.8 Å². The molecule has 3 aromatic rings. The maximum Gasteiger partial charge on any atom is 0.194 e. The Hall–Kier alpha value is -1.86. The molecule has 0 spiro atoms. The van der Waals surface area contributed by atoms with Gasteiger partial charge in [-0.1, -0.05) is 0 Å². The Kier molecular flexibility index (Phi) is 3.45. The summed E-state index contributed by atoms with van der Waals surface area (Å²) in [6, 6.07) is 0. The van der Waals surface area contributed by atoms with Crippen LogP contribution in [0.4, 0.5) is 5.69 Å². The van der Waals surface area contributed by atoms with E-state index in [0.29, 0.717) is 13.1 Å². The van der Waals surface area contributed by atoms with Gasteiger partial charge >= 0.3 is 0 Å². The Labute approximate surface area is 120 Å². The molecule has 0 aliphatic heterocycles. The number of fused-ring (bicyclic) bond motifs is 1. The molecule has 6 nitrogen and oxygen atoms in total. The van der Waals surface area contributed by atoms with Gasteiger partial charge in [-0.25, -0.2) is 4.98 Å². The van der Waals surface area contributed by atoms with Crippen molar-refractivity contribution in [3.63, 3.8) is 0 Å². The second-order valence-corrected chi connectivity index (χ2v) is 5.92. The standard InChI is InChI=1S/C13H17N5OS/c1-9-7-18-12(10(2)16-13(18)20-9)6-14-11-5-15-17(8-11)3-4-19/h5,7-8,14,19H,3-4,6H2,1-2H3. The molecule has 0 saturated heterocycles. The number of thiazole rings is 1. The van der Waals surface area contributed by atoms with Gasteiger partial charge in [0.25, 0.3) is 0 Å². The monoisotopic (exact) mass is 291 g/mol. The van der Waals surface area contributed by atoms with Crippen LogP contribution in [0.15, 0.2) is 18.6 Å². The van der Waals surface area contributed by atoms with Gasteiger partial charge in [0.15, 0.2) is 4.96 Å². The molecule has 2 N–H and O–H groups in total. The highest BCUT2D eigenvalue weighted by molar-refractivity contribution is 7.17. The van der Waals surface area contributed by atoms with E-state index in [-0.39, 0.29) is 6.61 Å². The van der Waals surface area contributed by atoms with Crippen LogP contribution in [0.5, 0.6) is 0 Å². The molecule has 3 heterocycles. The molecular formula is C13H17N5OS. The number of rotatable bonds is 5. The first kappa shape index (κ1) is 13.1. The SMILES string of the molecule is Cc1cn2c(CNc3cnn(CCO)c3)c(C)nc2s1. The number of aliphatic hydroxyl groups is 1. The van der Waals surface area contributed by atoms with Crippen LogP contribution < -0.4 is 5.32 Å². The Bertz CT molecular complexity index is 726. The topological polar surface area (TPSA) is 67.4 Å². The minimum absolute atomic E-state index is 0.0949. The van der Waals surface area contributed by atoms with Gasteiger partial charge in [-0.3, -0.25) is 9.08 Å². The van der Waals surface area contributed by atoms with Gasteiger partial charge in [-0.05, 0) is 13.8 Å².